The summed E-state index contributed by atoms with van der Waals surface area (Å²) in [5.74, 6) is 0.703. The first-order valence-electron chi connectivity index (χ1n) is 13.5. The lowest BCUT2D eigenvalue weighted by Gasteiger charge is -2.37. The number of para-hydroxylation sites is 1. The number of methoxy groups -OCH3 is 1. The van der Waals surface area contributed by atoms with Gasteiger partial charge in [-0.15, -0.1) is 0 Å². The van der Waals surface area contributed by atoms with E-state index in [1.165, 1.54) is 27.1 Å². The summed E-state index contributed by atoms with van der Waals surface area (Å²) in [7, 11) is 1.60. The van der Waals surface area contributed by atoms with E-state index in [1.807, 2.05) is 59.2 Å². The zero-order valence-electron chi connectivity index (χ0n) is 23.1. The number of nitrogens with zero attached hydrogens (tertiary/aromatic N) is 5. The summed E-state index contributed by atoms with van der Waals surface area (Å²) in [6.07, 6.45) is 3.37. The van der Waals surface area contributed by atoms with Crippen molar-refractivity contribution in [2.75, 3.05) is 43.1 Å². The highest BCUT2D eigenvalue weighted by Crippen LogP contribution is 2.35. The molecule has 8 nitrogen and oxygen atoms in total. The van der Waals surface area contributed by atoms with Gasteiger partial charge in [0.05, 0.1) is 29.8 Å². The predicted octanol–water partition coefficient (Wildman–Crippen LogP) is 4.88. The molecule has 0 atom stereocenters. The van der Waals surface area contributed by atoms with Crippen LogP contribution in [0.2, 0.25) is 0 Å². The van der Waals surface area contributed by atoms with E-state index in [0.29, 0.717) is 64.7 Å². The minimum absolute atomic E-state index is 0.259. The van der Waals surface area contributed by atoms with Gasteiger partial charge in [-0.2, -0.15) is 0 Å². The number of benzene rings is 2. The SMILES string of the molecule is COc1ccc(CN2C(=O)/C(=C\c3c(N4CCN(c5ccccc5F)CC4)nc4ccc(C)cn4c3=O)SC2=S)cc1. The molecule has 0 radical (unpaired) electrons. The second kappa shape index (κ2) is 11.6. The lowest BCUT2D eigenvalue weighted by atomic mass is 10.2. The van der Waals surface area contributed by atoms with Crippen LogP contribution in [0.25, 0.3) is 11.7 Å². The number of piperazine rings is 1. The standard InChI is InChI=1S/C31H28FN5O3S2/c1-20-7-12-27-33-28(35-15-13-34(14-16-35)25-6-4-3-5-24(25)32)23(29(38)36(27)18-20)17-26-30(39)37(31(41)42-26)19-21-8-10-22(40-2)11-9-21/h3-12,17-18H,13-16,19H2,1-2H3/b26-17+. The number of ether oxygens (including phenoxy) is 1. The Morgan fingerprint density at radius 1 is 1.00 bits per heavy atom. The van der Waals surface area contributed by atoms with Crippen LogP contribution < -0.4 is 20.1 Å². The summed E-state index contributed by atoms with van der Waals surface area (Å²) >= 11 is 6.75. The third-order valence-electron chi connectivity index (χ3n) is 7.41. The van der Waals surface area contributed by atoms with Crippen molar-refractivity contribution in [3.63, 3.8) is 0 Å². The van der Waals surface area contributed by atoms with Gasteiger partial charge in [0, 0.05) is 32.4 Å². The van der Waals surface area contributed by atoms with Crippen molar-refractivity contribution < 1.29 is 13.9 Å². The third kappa shape index (κ3) is 5.37. The van der Waals surface area contributed by atoms with Crippen molar-refractivity contribution in [2.45, 2.75) is 13.5 Å². The number of fused-ring (bicyclic) bond motifs is 1. The van der Waals surface area contributed by atoms with E-state index in [0.717, 1.165) is 16.9 Å². The number of hydrogen-bond acceptors (Lipinski definition) is 8. The van der Waals surface area contributed by atoms with Crippen LogP contribution in [0, 0.1) is 12.7 Å². The van der Waals surface area contributed by atoms with E-state index in [-0.39, 0.29) is 17.3 Å². The number of hydrogen-bond donors (Lipinski definition) is 0. The van der Waals surface area contributed by atoms with Gasteiger partial charge in [0.2, 0.25) is 0 Å². The number of amides is 1. The van der Waals surface area contributed by atoms with Gasteiger partial charge in [-0.25, -0.2) is 9.37 Å². The Balaban J connectivity index is 1.33. The number of halogens is 1. The van der Waals surface area contributed by atoms with Crippen LogP contribution in [0.1, 0.15) is 16.7 Å². The summed E-state index contributed by atoms with van der Waals surface area (Å²) in [4.78, 5) is 38.2. The maximum Gasteiger partial charge on any atom is 0.267 e. The number of aromatic nitrogens is 2. The van der Waals surface area contributed by atoms with Crippen molar-refractivity contribution >= 4 is 57.4 Å². The summed E-state index contributed by atoms with van der Waals surface area (Å²) in [5, 5.41) is 0. The second-order valence-electron chi connectivity index (χ2n) is 10.1. The fraction of sp³-hybridized carbons (Fsp3) is 0.226. The fourth-order valence-electron chi connectivity index (χ4n) is 5.16. The summed E-state index contributed by atoms with van der Waals surface area (Å²) in [6, 6.07) is 17.9. The van der Waals surface area contributed by atoms with Crippen LogP contribution in [0.3, 0.4) is 0 Å². The Morgan fingerprint density at radius 3 is 2.43 bits per heavy atom. The fourth-order valence-corrected chi connectivity index (χ4v) is 6.40. The zero-order valence-corrected chi connectivity index (χ0v) is 24.8. The molecule has 4 aromatic rings. The number of carbonyl (C=O) groups is 1. The monoisotopic (exact) mass is 601 g/mol. The van der Waals surface area contributed by atoms with Gasteiger partial charge in [0.25, 0.3) is 11.5 Å². The van der Waals surface area contributed by atoms with Crippen molar-refractivity contribution in [3.05, 3.63) is 105 Å². The first-order valence-corrected chi connectivity index (χ1v) is 14.7. The molecule has 0 bridgehead atoms. The Bertz CT molecular complexity index is 1780. The molecular formula is C31H28FN5O3S2. The van der Waals surface area contributed by atoms with Gasteiger partial charge in [-0.1, -0.05) is 54.3 Å². The molecule has 2 fully saturated rings. The lowest BCUT2D eigenvalue weighted by molar-refractivity contribution is -0.122. The average molecular weight is 602 g/mol. The van der Waals surface area contributed by atoms with Crippen LogP contribution in [0.15, 0.2) is 76.6 Å². The number of pyridine rings is 1. The molecule has 2 aromatic heterocycles. The van der Waals surface area contributed by atoms with E-state index >= 15 is 0 Å². The van der Waals surface area contributed by atoms with E-state index in [1.54, 1.807) is 31.5 Å². The number of anilines is 2. The van der Waals surface area contributed by atoms with Gasteiger partial charge < -0.3 is 14.5 Å². The molecule has 0 unspecified atom stereocenters. The van der Waals surface area contributed by atoms with Gasteiger partial charge in [-0.3, -0.25) is 18.9 Å². The highest BCUT2D eigenvalue weighted by Gasteiger charge is 2.33. The molecule has 42 heavy (non-hydrogen) atoms. The van der Waals surface area contributed by atoms with E-state index < -0.39 is 0 Å². The van der Waals surface area contributed by atoms with Crippen molar-refractivity contribution in [1.82, 2.24) is 14.3 Å². The molecule has 214 valence electrons. The minimum Gasteiger partial charge on any atom is -0.497 e. The normalized spacial score (nSPS) is 16.6. The topological polar surface area (TPSA) is 70.4 Å². The smallest absolute Gasteiger partial charge is 0.267 e. The molecular weight excluding hydrogens is 574 g/mol. The Labute approximate surface area is 252 Å². The minimum atomic E-state index is -0.268. The molecule has 1 amide bonds. The van der Waals surface area contributed by atoms with E-state index in [2.05, 4.69) is 0 Å². The number of thiocarbonyl (C=S) groups is 1. The van der Waals surface area contributed by atoms with Gasteiger partial charge in [0.15, 0.2) is 0 Å². The second-order valence-corrected chi connectivity index (χ2v) is 11.8. The Morgan fingerprint density at radius 2 is 1.71 bits per heavy atom. The molecule has 2 aliphatic rings. The number of thioether (sulfide) groups is 1. The first-order chi connectivity index (χ1) is 20.3. The quantitative estimate of drug-likeness (QED) is 0.229. The molecule has 0 N–H and O–H groups in total. The van der Waals surface area contributed by atoms with Crippen LogP contribution in [0.5, 0.6) is 5.75 Å². The predicted molar refractivity (Wildman–Crippen MR) is 169 cm³/mol. The van der Waals surface area contributed by atoms with Crippen LogP contribution in [-0.4, -0.2) is 57.8 Å². The van der Waals surface area contributed by atoms with Crippen LogP contribution >= 0.6 is 24.0 Å². The van der Waals surface area contributed by atoms with Gasteiger partial charge in [0.1, 0.15) is 27.4 Å². The summed E-state index contributed by atoms with van der Waals surface area (Å²) in [6.45, 7) is 4.39. The van der Waals surface area contributed by atoms with Crippen LogP contribution in [0.4, 0.5) is 15.9 Å². The summed E-state index contributed by atoms with van der Waals surface area (Å²) < 4.78 is 21.6. The third-order valence-corrected chi connectivity index (χ3v) is 8.78. The molecule has 2 saturated heterocycles. The molecule has 6 rings (SSSR count). The number of carbonyl (C=O) groups excluding carboxylic acids is 1. The van der Waals surface area contributed by atoms with Crippen molar-refractivity contribution in [1.29, 1.82) is 0 Å². The number of rotatable bonds is 6. The maximum absolute atomic E-state index is 14.4. The molecule has 11 heteroatoms. The van der Waals surface area contributed by atoms with Crippen LogP contribution in [-0.2, 0) is 11.3 Å². The first kappa shape index (κ1) is 27.9. The lowest BCUT2D eigenvalue weighted by Crippen LogP contribution is -2.47. The number of aryl methyl sites for hydroxylation is 1. The average Bonchev–Trinajstić information content (AvgIpc) is 3.26. The molecule has 0 aliphatic carbocycles. The largest absolute Gasteiger partial charge is 0.497 e. The highest BCUT2D eigenvalue weighted by atomic mass is 32.2. The zero-order chi connectivity index (χ0) is 29.4. The van der Waals surface area contributed by atoms with Gasteiger partial charge >= 0.3 is 0 Å². The summed E-state index contributed by atoms with van der Waals surface area (Å²) in [5.41, 5.74) is 2.94. The molecule has 2 aliphatic heterocycles. The van der Waals surface area contributed by atoms with Gasteiger partial charge in [-0.05, 0) is 54.5 Å². The molecule has 0 saturated carbocycles. The molecule has 2 aromatic carbocycles. The molecule has 4 heterocycles. The Kier molecular flexibility index (Phi) is 7.70. The Hall–Kier alpha value is -4.22. The van der Waals surface area contributed by atoms with E-state index in [4.69, 9.17) is 21.9 Å². The van der Waals surface area contributed by atoms with E-state index in [9.17, 15) is 14.0 Å². The van der Waals surface area contributed by atoms with Crippen molar-refractivity contribution in [2.24, 2.45) is 0 Å². The highest BCUT2D eigenvalue weighted by molar-refractivity contribution is 8.26. The van der Waals surface area contributed by atoms with Crippen molar-refractivity contribution in [3.8, 4) is 5.75 Å². The maximum atomic E-state index is 14.4. The molecule has 0 spiro atoms.